The quantitative estimate of drug-likeness (QED) is 0.878. The standard InChI is InChI=1S/C13H22N4O2/c1-9-5-12(16(4)15-9)14-13(18)7-17-6-11(3)19-8-10(17)2/h5,10-11H,6-8H2,1-4H3,(H,14,18)/t10-,11+/m1/s1. The molecule has 1 N–H and O–H groups in total. The third-order valence-electron chi connectivity index (χ3n) is 3.35. The van der Waals surface area contributed by atoms with Crippen molar-refractivity contribution in [2.75, 3.05) is 25.0 Å². The maximum atomic E-state index is 12.1. The van der Waals surface area contributed by atoms with Gasteiger partial charge in [-0.05, 0) is 20.8 Å². The summed E-state index contributed by atoms with van der Waals surface area (Å²) in [6.07, 6.45) is 0.183. The summed E-state index contributed by atoms with van der Waals surface area (Å²) in [4.78, 5) is 14.2. The van der Waals surface area contributed by atoms with Gasteiger partial charge in [0, 0.05) is 25.7 Å². The smallest absolute Gasteiger partial charge is 0.239 e. The van der Waals surface area contributed by atoms with Gasteiger partial charge in [-0.1, -0.05) is 0 Å². The number of aromatic nitrogens is 2. The molecule has 2 heterocycles. The van der Waals surface area contributed by atoms with E-state index in [4.69, 9.17) is 4.74 Å². The molecule has 1 fully saturated rings. The molecule has 0 unspecified atom stereocenters. The highest BCUT2D eigenvalue weighted by Crippen LogP contribution is 2.12. The van der Waals surface area contributed by atoms with Crippen LogP contribution >= 0.6 is 0 Å². The summed E-state index contributed by atoms with van der Waals surface area (Å²) in [5.74, 6) is 0.723. The second-order valence-corrected chi connectivity index (χ2v) is 5.27. The van der Waals surface area contributed by atoms with E-state index in [-0.39, 0.29) is 18.1 Å². The third kappa shape index (κ3) is 3.54. The van der Waals surface area contributed by atoms with Crippen LogP contribution < -0.4 is 5.32 Å². The van der Waals surface area contributed by atoms with Gasteiger partial charge in [0.2, 0.25) is 5.91 Å². The van der Waals surface area contributed by atoms with E-state index in [0.29, 0.717) is 13.2 Å². The first-order valence-corrected chi connectivity index (χ1v) is 6.62. The lowest BCUT2D eigenvalue weighted by Gasteiger charge is -2.36. The van der Waals surface area contributed by atoms with Gasteiger partial charge in [-0.15, -0.1) is 0 Å². The van der Waals surface area contributed by atoms with E-state index in [1.165, 1.54) is 0 Å². The van der Waals surface area contributed by atoms with Gasteiger partial charge in [0.05, 0.1) is 24.9 Å². The van der Waals surface area contributed by atoms with Gasteiger partial charge >= 0.3 is 0 Å². The number of morpholine rings is 1. The van der Waals surface area contributed by atoms with E-state index in [2.05, 4.69) is 22.2 Å². The Morgan fingerprint density at radius 3 is 2.95 bits per heavy atom. The highest BCUT2D eigenvalue weighted by atomic mass is 16.5. The molecule has 1 aromatic heterocycles. The number of hydrogen-bond acceptors (Lipinski definition) is 4. The molecule has 0 aromatic carbocycles. The molecular formula is C13H22N4O2. The number of anilines is 1. The van der Waals surface area contributed by atoms with Crippen LogP contribution in [0.25, 0.3) is 0 Å². The van der Waals surface area contributed by atoms with Crippen molar-refractivity contribution in [3.63, 3.8) is 0 Å². The molecule has 0 bridgehead atoms. The lowest BCUT2D eigenvalue weighted by Crippen LogP contribution is -2.50. The van der Waals surface area contributed by atoms with Crippen LogP contribution in [-0.2, 0) is 16.6 Å². The molecular weight excluding hydrogens is 244 g/mol. The Hall–Kier alpha value is -1.40. The first-order valence-electron chi connectivity index (χ1n) is 6.62. The normalized spacial score (nSPS) is 24.4. The predicted molar refractivity (Wildman–Crippen MR) is 73.0 cm³/mol. The van der Waals surface area contributed by atoms with Crippen LogP contribution in [0.4, 0.5) is 5.82 Å². The number of carbonyl (C=O) groups excluding carboxylic acids is 1. The molecule has 106 valence electrons. The number of hydrogen-bond donors (Lipinski definition) is 1. The Morgan fingerprint density at radius 1 is 1.58 bits per heavy atom. The molecule has 1 aromatic rings. The first-order chi connectivity index (χ1) is 8.95. The van der Waals surface area contributed by atoms with Gasteiger partial charge in [-0.3, -0.25) is 14.4 Å². The molecule has 6 heteroatoms. The predicted octanol–water partition coefficient (Wildman–Crippen LogP) is 0.776. The van der Waals surface area contributed by atoms with Crippen molar-refractivity contribution >= 4 is 11.7 Å². The molecule has 0 aliphatic carbocycles. The van der Waals surface area contributed by atoms with Gasteiger partial charge in [0.25, 0.3) is 0 Å². The fraction of sp³-hybridized carbons (Fsp3) is 0.692. The summed E-state index contributed by atoms with van der Waals surface area (Å²) >= 11 is 0. The molecule has 6 nitrogen and oxygen atoms in total. The lowest BCUT2D eigenvalue weighted by atomic mass is 10.2. The van der Waals surface area contributed by atoms with E-state index in [1.54, 1.807) is 4.68 Å². The van der Waals surface area contributed by atoms with Gasteiger partial charge in [0.15, 0.2) is 0 Å². The fourth-order valence-electron chi connectivity index (χ4n) is 2.29. The van der Waals surface area contributed by atoms with Crippen LogP contribution in [0.5, 0.6) is 0 Å². The Bertz CT molecular complexity index is 457. The number of aryl methyl sites for hydroxylation is 2. The number of amides is 1. The Labute approximate surface area is 113 Å². The number of nitrogens with one attached hydrogen (secondary N) is 1. The second kappa shape index (κ2) is 5.71. The van der Waals surface area contributed by atoms with Crippen molar-refractivity contribution in [3.05, 3.63) is 11.8 Å². The van der Waals surface area contributed by atoms with Crippen LogP contribution in [0.1, 0.15) is 19.5 Å². The Balaban J connectivity index is 1.92. The van der Waals surface area contributed by atoms with Gasteiger partial charge in [-0.25, -0.2) is 0 Å². The topological polar surface area (TPSA) is 59.4 Å². The minimum atomic E-state index is -0.0102. The molecule has 0 radical (unpaired) electrons. The van der Waals surface area contributed by atoms with Gasteiger partial charge < -0.3 is 10.1 Å². The zero-order valence-corrected chi connectivity index (χ0v) is 12.0. The van der Waals surface area contributed by atoms with Crippen molar-refractivity contribution in [2.45, 2.75) is 32.9 Å². The molecule has 0 saturated carbocycles. The van der Waals surface area contributed by atoms with Crippen LogP contribution in [0.15, 0.2) is 6.07 Å². The van der Waals surface area contributed by atoms with Crippen LogP contribution in [0.2, 0.25) is 0 Å². The van der Waals surface area contributed by atoms with Crippen molar-refractivity contribution in [2.24, 2.45) is 7.05 Å². The van der Waals surface area contributed by atoms with Gasteiger partial charge in [-0.2, -0.15) is 5.10 Å². The Morgan fingerprint density at radius 2 is 2.32 bits per heavy atom. The van der Waals surface area contributed by atoms with Crippen molar-refractivity contribution in [1.82, 2.24) is 14.7 Å². The number of nitrogens with zero attached hydrogens (tertiary/aromatic N) is 3. The van der Waals surface area contributed by atoms with Crippen LogP contribution in [0.3, 0.4) is 0 Å². The fourth-order valence-corrected chi connectivity index (χ4v) is 2.29. The zero-order valence-electron chi connectivity index (χ0n) is 12.0. The monoisotopic (exact) mass is 266 g/mol. The maximum Gasteiger partial charge on any atom is 0.239 e. The molecule has 0 spiro atoms. The lowest BCUT2D eigenvalue weighted by molar-refractivity contribution is -0.121. The summed E-state index contributed by atoms with van der Waals surface area (Å²) in [7, 11) is 1.82. The number of rotatable bonds is 3. The summed E-state index contributed by atoms with van der Waals surface area (Å²) in [6.45, 7) is 7.87. The molecule has 1 saturated heterocycles. The van der Waals surface area contributed by atoms with Crippen LogP contribution in [-0.4, -0.2) is 52.4 Å². The molecule has 19 heavy (non-hydrogen) atoms. The van der Waals surface area contributed by atoms with Crippen LogP contribution in [0, 0.1) is 6.92 Å². The number of carbonyl (C=O) groups is 1. The molecule has 1 aliphatic heterocycles. The van der Waals surface area contributed by atoms with Crippen molar-refractivity contribution < 1.29 is 9.53 Å². The summed E-state index contributed by atoms with van der Waals surface area (Å²) in [5, 5.41) is 7.10. The first kappa shape index (κ1) is 14.0. The van der Waals surface area contributed by atoms with Gasteiger partial charge in [0.1, 0.15) is 5.82 Å². The van der Waals surface area contributed by atoms with Crippen molar-refractivity contribution in [1.29, 1.82) is 0 Å². The van der Waals surface area contributed by atoms with E-state index >= 15 is 0 Å². The highest BCUT2D eigenvalue weighted by molar-refractivity contribution is 5.91. The zero-order chi connectivity index (χ0) is 14.0. The van der Waals surface area contributed by atoms with E-state index < -0.39 is 0 Å². The third-order valence-corrected chi connectivity index (χ3v) is 3.35. The van der Waals surface area contributed by atoms with E-state index in [0.717, 1.165) is 18.1 Å². The minimum absolute atomic E-state index is 0.0102. The average Bonchev–Trinajstić information content (AvgIpc) is 2.62. The van der Waals surface area contributed by atoms with E-state index in [9.17, 15) is 4.79 Å². The maximum absolute atomic E-state index is 12.1. The summed E-state index contributed by atoms with van der Waals surface area (Å²) in [5.41, 5.74) is 0.895. The average molecular weight is 266 g/mol. The van der Waals surface area contributed by atoms with E-state index in [1.807, 2.05) is 27.0 Å². The SMILES string of the molecule is Cc1cc(NC(=O)CN2C[C@H](C)OC[C@H]2C)n(C)n1. The molecule has 2 rings (SSSR count). The minimum Gasteiger partial charge on any atom is -0.376 e. The molecule has 2 atom stereocenters. The molecule has 1 amide bonds. The van der Waals surface area contributed by atoms with Crippen molar-refractivity contribution in [3.8, 4) is 0 Å². The Kier molecular flexibility index (Phi) is 4.21. The molecule has 1 aliphatic rings. The highest BCUT2D eigenvalue weighted by Gasteiger charge is 2.25. The largest absolute Gasteiger partial charge is 0.376 e. The number of ether oxygens (including phenoxy) is 1. The summed E-state index contributed by atoms with van der Waals surface area (Å²) < 4.78 is 7.23. The second-order valence-electron chi connectivity index (χ2n) is 5.27. The summed E-state index contributed by atoms with van der Waals surface area (Å²) in [6, 6.07) is 2.14.